The van der Waals surface area contributed by atoms with E-state index in [0.29, 0.717) is 11.6 Å². The second-order valence-corrected chi connectivity index (χ2v) is 4.75. The molecule has 16 heavy (non-hydrogen) atoms. The summed E-state index contributed by atoms with van der Waals surface area (Å²) in [5.41, 5.74) is 1.92. The molecule has 0 bridgehead atoms. The third-order valence-electron chi connectivity index (χ3n) is 2.30. The Labute approximate surface area is 103 Å². The summed E-state index contributed by atoms with van der Waals surface area (Å²) in [5, 5.41) is 5.65. The van der Waals surface area contributed by atoms with Crippen molar-refractivity contribution in [3.8, 4) is 10.4 Å². The van der Waals surface area contributed by atoms with Crippen molar-refractivity contribution in [1.29, 1.82) is 0 Å². The highest BCUT2D eigenvalue weighted by atomic mass is 35.5. The first-order valence-electron chi connectivity index (χ1n) is 4.88. The first-order valence-corrected chi connectivity index (χ1v) is 6.14. The maximum Gasteiger partial charge on any atom is 0.123 e. The highest BCUT2D eigenvalue weighted by Gasteiger charge is 2.10. The van der Waals surface area contributed by atoms with Gasteiger partial charge in [-0.15, -0.1) is 11.3 Å². The number of nitrogens with one attached hydrogen (secondary N) is 1. The van der Waals surface area contributed by atoms with Crippen LogP contribution in [0.15, 0.2) is 29.6 Å². The molecular weight excluding hydrogens is 245 g/mol. The predicted molar refractivity (Wildman–Crippen MR) is 67.5 cm³/mol. The predicted octanol–water partition coefficient (Wildman–Crippen LogP) is 3.93. The molecular formula is C12H11ClFNS. The normalized spacial score (nSPS) is 10.7. The van der Waals surface area contributed by atoms with E-state index in [1.807, 2.05) is 18.5 Å². The van der Waals surface area contributed by atoms with Gasteiger partial charge >= 0.3 is 0 Å². The van der Waals surface area contributed by atoms with E-state index in [1.165, 1.54) is 23.5 Å². The molecule has 0 radical (unpaired) electrons. The van der Waals surface area contributed by atoms with Crippen molar-refractivity contribution in [3.05, 3.63) is 46.0 Å². The molecule has 1 nitrogen and oxygen atoms in total. The summed E-state index contributed by atoms with van der Waals surface area (Å²) in [6.07, 6.45) is 0. The molecule has 0 saturated carbocycles. The number of hydrogen-bond donors (Lipinski definition) is 1. The lowest BCUT2D eigenvalue weighted by molar-refractivity contribution is 0.627. The van der Waals surface area contributed by atoms with Gasteiger partial charge < -0.3 is 5.32 Å². The molecule has 0 unspecified atom stereocenters. The van der Waals surface area contributed by atoms with Crippen LogP contribution >= 0.6 is 22.9 Å². The van der Waals surface area contributed by atoms with E-state index in [9.17, 15) is 4.39 Å². The van der Waals surface area contributed by atoms with Gasteiger partial charge in [0.25, 0.3) is 0 Å². The molecule has 0 atom stereocenters. The maximum absolute atomic E-state index is 13.3. The molecule has 0 spiro atoms. The fourth-order valence-electron chi connectivity index (χ4n) is 1.59. The third-order valence-corrected chi connectivity index (χ3v) is 3.68. The molecule has 0 fully saturated rings. The zero-order valence-electron chi connectivity index (χ0n) is 8.76. The van der Waals surface area contributed by atoms with Crippen LogP contribution in [0.4, 0.5) is 4.39 Å². The molecule has 1 aromatic heterocycles. The summed E-state index contributed by atoms with van der Waals surface area (Å²) < 4.78 is 13.3. The molecule has 0 aliphatic rings. The molecule has 2 rings (SSSR count). The van der Waals surface area contributed by atoms with Crippen LogP contribution in [-0.4, -0.2) is 7.05 Å². The lowest BCUT2D eigenvalue weighted by Gasteiger charge is -2.08. The van der Waals surface area contributed by atoms with E-state index >= 15 is 0 Å². The van der Waals surface area contributed by atoms with Crippen LogP contribution in [-0.2, 0) is 6.54 Å². The van der Waals surface area contributed by atoms with Crippen molar-refractivity contribution in [1.82, 2.24) is 5.32 Å². The fraction of sp³-hybridized carbons (Fsp3) is 0.167. The molecule has 1 N–H and O–H groups in total. The van der Waals surface area contributed by atoms with Crippen LogP contribution in [0.2, 0.25) is 5.02 Å². The Morgan fingerprint density at radius 1 is 1.38 bits per heavy atom. The zero-order chi connectivity index (χ0) is 11.5. The average molecular weight is 256 g/mol. The van der Waals surface area contributed by atoms with Gasteiger partial charge in [-0.3, -0.25) is 0 Å². The van der Waals surface area contributed by atoms with Crippen molar-refractivity contribution in [2.75, 3.05) is 7.05 Å². The Morgan fingerprint density at radius 2 is 2.19 bits per heavy atom. The minimum Gasteiger partial charge on any atom is -0.316 e. The van der Waals surface area contributed by atoms with Gasteiger partial charge in [0.05, 0.1) is 9.90 Å². The lowest BCUT2D eigenvalue weighted by Crippen LogP contribution is -2.06. The summed E-state index contributed by atoms with van der Waals surface area (Å²) in [6, 6.07) is 6.62. The average Bonchev–Trinajstić information content (AvgIpc) is 2.67. The Hall–Kier alpha value is -0.900. The van der Waals surface area contributed by atoms with E-state index in [4.69, 9.17) is 11.6 Å². The monoisotopic (exact) mass is 255 g/mol. The summed E-state index contributed by atoms with van der Waals surface area (Å²) in [7, 11) is 1.86. The molecule has 2 aromatic rings. The van der Waals surface area contributed by atoms with Crippen LogP contribution in [0.3, 0.4) is 0 Å². The SMILES string of the molecule is CNCc1ccc(F)cc1-c1sccc1Cl. The largest absolute Gasteiger partial charge is 0.316 e. The first-order chi connectivity index (χ1) is 7.72. The number of hydrogen-bond acceptors (Lipinski definition) is 2. The summed E-state index contributed by atoms with van der Waals surface area (Å²) in [4.78, 5) is 0.923. The lowest BCUT2D eigenvalue weighted by atomic mass is 10.1. The minimum absolute atomic E-state index is 0.237. The van der Waals surface area contributed by atoms with Gasteiger partial charge in [0.15, 0.2) is 0 Å². The highest BCUT2D eigenvalue weighted by molar-refractivity contribution is 7.14. The Bertz CT molecular complexity index is 496. The van der Waals surface area contributed by atoms with Crippen molar-refractivity contribution in [3.63, 3.8) is 0 Å². The molecule has 0 aliphatic heterocycles. The van der Waals surface area contributed by atoms with Crippen LogP contribution in [0, 0.1) is 5.82 Å². The molecule has 1 aromatic carbocycles. The van der Waals surface area contributed by atoms with E-state index in [1.54, 1.807) is 6.07 Å². The Kier molecular flexibility index (Phi) is 3.59. The van der Waals surface area contributed by atoms with Gasteiger partial charge in [-0.2, -0.15) is 0 Å². The quantitative estimate of drug-likeness (QED) is 0.876. The molecule has 1 heterocycles. The topological polar surface area (TPSA) is 12.0 Å². The van der Waals surface area contributed by atoms with E-state index in [0.717, 1.165) is 16.0 Å². The summed E-state index contributed by atoms with van der Waals surface area (Å²) >= 11 is 7.59. The van der Waals surface area contributed by atoms with Gasteiger partial charge in [0.2, 0.25) is 0 Å². The fourth-order valence-corrected chi connectivity index (χ4v) is 2.80. The number of halogens is 2. The van der Waals surface area contributed by atoms with Crippen LogP contribution in [0.25, 0.3) is 10.4 Å². The smallest absolute Gasteiger partial charge is 0.123 e. The number of benzene rings is 1. The first kappa shape index (κ1) is 11.6. The molecule has 0 aliphatic carbocycles. The van der Waals surface area contributed by atoms with E-state index in [2.05, 4.69) is 5.32 Å². The van der Waals surface area contributed by atoms with Gasteiger partial charge in [-0.05, 0) is 36.2 Å². The van der Waals surface area contributed by atoms with Gasteiger partial charge in [-0.1, -0.05) is 17.7 Å². The highest BCUT2D eigenvalue weighted by Crippen LogP contribution is 2.35. The molecule has 0 saturated heterocycles. The third kappa shape index (κ3) is 2.26. The van der Waals surface area contributed by atoms with Crippen molar-refractivity contribution < 1.29 is 4.39 Å². The van der Waals surface area contributed by atoms with Crippen molar-refractivity contribution in [2.24, 2.45) is 0 Å². The van der Waals surface area contributed by atoms with Crippen LogP contribution in [0.5, 0.6) is 0 Å². The second kappa shape index (κ2) is 4.95. The van der Waals surface area contributed by atoms with Gasteiger partial charge in [0, 0.05) is 12.1 Å². The van der Waals surface area contributed by atoms with Gasteiger partial charge in [-0.25, -0.2) is 4.39 Å². The number of rotatable bonds is 3. The van der Waals surface area contributed by atoms with Crippen LogP contribution < -0.4 is 5.32 Å². The minimum atomic E-state index is -0.237. The molecule has 4 heteroatoms. The summed E-state index contributed by atoms with van der Waals surface area (Å²) in [5.74, 6) is -0.237. The second-order valence-electron chi connectivity index (χ2n) is 3.43. The van der Waals surface area contributed by atoms with Crippen molar-refractivity contribution >= 4 is 22.9 Å². The maximum atomic E-state index is 13.3. The summed E-state index contributed by atoms with van der Waals surface area (Å²) in [6.45, 7) is 0.698. The van der Waals surface area contributed by atoms with Gasteiger partial charge in [0.1, 0.15) is 5.82 Å². The van der Waals surface area contributed by atoms with E-state index in [-0.39, 0.29) is 5.82 Å². The van der Waals surface area contributed by atoms with E-state index < -0.39 is 0 Å². The Balaban J connectivity index is 2.53. The zero-order valence-corrected chi connectivity index (χ0v) is 10.3. The standard InChI is InChI=1S/C12H11ClFNS/c1-15-7-8-2-3-9(14)6-10(8)12-11(13)4-5-16-12/h2-6,15H,7H2,1H3. The molecule has 0 amide bonds. The Morgan fingerprint density at radius 3 is 2.81 bits per heavy atom. The molecule has 84 valence electrons. The van der Waals surface area contributed by atoms with Crippen molar-refractivity contribution in [2.45, 2.75) is 6.54 Å². The van der Waals surface area contributed by atoms with Crippen LogP contribution in [0.1, 0.15) is 5.56 Å². The number of thiophene rings is 1.